The Kier molecular flexibility index (Phi) is 6.37. The SMILES string of the molecule is Cc1ccc(NC(=O)c2cccc(S(=O)(=O)NC3CC3)c2)cc1S(=O)(=O)N1CCOCC1. The van der Waals surface area contributed by atoms with E-state index in [1.165, 1.54) is 34.6 Å². The number of hydrogen-bond acceptors (Lipinski definition) is 6. The van der Waals surface area contributed by atoms with Crippen LogP contribution in [-0.4, -0.2) is 59.4 Å². The largest absolute Gasteiger partial charge is 0.379 e. The van der Waals surface area contributed by atoms with Gasteiger partial charge in [-0.25, -0.2) is 21.6 Å². The number of benzene rings is 2. The first kappa shape index (κ1) is 22.9. The van der Waals surface area contributed by atoms with E-state index in [1.54, 1.807) is 19.1 Å². The van der Waals surface area contributed by atoms with Crippen LogP contribution in [0.1, 0.15) is 28.8 Å². The molecule has 1 aliphatic heterocycles. The van der Waals surface area contributed by atoms with E-state index < -0.39 is 26.0 Å². The summed E-state index contributed by atoms with van der Waals surface area (Å²) < 4.78 is 60.2. The van der Waals surface area contributed by atoms with E-state index in [4.69, 9.17) is 4.74 Å². The molecule has 11 heteroatoms. The van der Waals surface area contributed by atoms with Crippen molar-refractivity contribution in [3.05, 3.63) is 53.6 Å². The van der Waals surface area contributed by atoms with E-state index in [0.717, 1.165) is 12.8 Å². The van der Waals surface area contributed by atoms with Crippen LogP contribution >= 0.6 is 0 Å². The molecule has 9 nitrogen and oxygen atoms in total. The molecule has 2 aromatic carbocycles. The second-order valence-corrected chi connectivity index (χ2v) is 11.5. The molecule has 2 N–H and O–H groups in total. The molecule has 2 fully saturated rings. The molecule has 1 saturated carbocycles. The van der Waals surface area contributed by atoms with Crippen molar-refractivity contribution in [2.75, 3.05) is 31.6 Å². The van der Waals surface area contributed by atoms with Gasteiger partial charge >= 0.3 is 0 Å². The lowest BCUT2D eigenvalue weighted by atomic mass is 10.2. The molecular weight excluding hydrogens is 454 g/mol. The number of rotatable bonds is 7. The predicted octanol–water partition coefficient (Wildman–Crippen LogP) is 1.71. The highest BCUT2D eigenvalue weighted by molar-refractivity contribution is 7.89. The quantitative estimate of drug-likeness (QED) is 0.624. The van der Waals surface area contributed by atoms with Crippen molar-refractivity contribution in [2.45, 2.75) is 35.6 Å². The number of morpholine rings is 1. The summed E-state index contributed by atoms with van der Waals surface area (Å²) in [5, 5.41) is 2.67. The number of ether oxygens (including phenoxy) is 1. The van der Waals surface area contributed by atoms with Crippen LogP contribution in [0.2, 0.25) is 0 Å². The second-order valence-electron chi connectivity index (χ2n) is 7.87. The number of sulfonamides is 2. The first-order chi connectivity index (χ1) is 15.2. The smallest absolute Gasteiger partial charge is 0.255 e. The molecule has 1 heterocycles. The van der Waals surface area contributed by atoms with Gasteiger partial charge in [-0.15, -0.1) is 0 Å². The highest BCUT2D eigenvalue weighted by Crippen LogP contribution is 2.25. The van der Waals surface area contributed by atoms with Gasteiger partial charge in [-0.05, 0) is 55.7 Å². The summed E-state index contributed by atoms with van der Waals surface area (Å²) in [4.78, 5) is 12.9. The van der Waals surface area contributed by atoms with Gasteiger partial charge in [0.1, 0.15) is 0 Å². The average Bonchev–Trinajstić information content (AvgIpc) is 3.59. The minimum absolute atomic E-state index is 0.0107. The Morgan fingerprint density at radius 2 is 1.75 bits per heavy atom. The van der Waals surface area contributed by atoms with E-state index in [0.29, 0.717) is 24.5 Å². The number of aryl methyl sites for hydroxylation is 1. The Morgan fingerprint density at radius 1 is 1.03 bits per heavy atom. The third kappa shape index (κ3) is 5.02. The average molecular weight is 480 g/mol. The van der Waals surface area contributed by atoms with E-state index >= 15 is 0 Å². The summed E-state index contributed by atoms with van der Waals surface area (Å²) in [5.41, 5.74) is 1.02. The molecule has 0 spiro atoms. The monoisotopic (exact) mass is 479 g/mol. The van der Waals surface area contributed by atoms with Gasteiger partial charge in [0, 0.05) is 30.4 Å². The van der Waals surface area contributed by atoms with E-state index in [2.05, 4.69) is 10.0 Å². The van der Waals surface area contributed by atoms with Crippen LogP contribution in [0.15, 0.2) is 52.3 Å². The number of amides is 1. The molecule has 1 amide bonds. The number of nitrogens with one attached hydrogen (secondary N) is 2. The first-order valence-corrected chi connectivity index (χ1v) is 13.2. The number of carbonyl (C=O) groups is 1. The fraction of sp³-hybridized carbons (Fsp3) is 0.381. The van der Waals surface area contributed by atoms with Gasteiger partial charge in [0.05, 0.1) is 23.0 Å². The lowest BCUT2D eigenvalue weighted by Crippen LogP contribution is -2.40. The third-order valence-electron chi connectivity index (χ3n) is 5.34. The molecule has 2 aliphatic rings. The summed E-state index contributed by atoms with van der Waals surface area (Å²) in [6.07, 6.45) is 1.62. The minimum Gasteiger partial charge on any atom is -0.379 e. The number of anilines is 1. The standard InChI is InChI=1S/C21H25N3O6S2/c1-15-5-6-18(14-20(15)32(28,29)24-9-11-30-12-10-24)22-21(25)16-3-2-4-19(13-16)31(26,27)23-17-7-8-17/h2-6,13-14,17,23H,7-12H2,1H3,(H,22,25). The van der Waals surface area contributed by atoms with Crippen LogP contribution in [0.25, 0.3) is 0 Å². The van der Waals surface area contributed by atoms with Gasteiger partial charge < -0.3 is 10.1 Å². The maximum Gasteiger partial charge on any atom is 0.255 e. The molecule has 0 unspecified atom stereocenters. The van der Waals surface area contributed by atoms with Gasteiger partial charge in [0.2, 0.25) is 20.0 Å². The topological polar surface area (TPSA) is 122 Å². The van der Waals surface area contributed by atoms with Crippen molar-refractivity contribution in [2.24, 2.45) is 0 Å². The lowest BCUT2D eigenvalue weighted by molar-refractivity contribution is 0.0730. The fourth-order valence-corrected chi connectivity index (χ4v) is 6.39. The zero-order valence-corrected chi connectivity index (χ0v) is 19.2. The highest BCUT2D eigenvalue weighted by atomic mass is 32.2. The second kappa shape index (κ2) is 8.91. The Labute approximate surface area is 187 Å². The lowest BCUT2D eigenvalue weighted by Gasteiger charge is -2.26. The molecule has 0 radical (unpaired) electrons. The molecule has 0 atom stereocenters. The fourth-order valence-electron chi connectivity index (χ4n) is 3.38. The van der Waals surface area contributed by atoms with Gasteiger partial charge in [0.25, 0.3) is 5.91 Å². The van der Waals surface area contributed by atoms with Crippen LogP contribution in [-0.2, 0) is 24.8 Å². The van der Waals surface area contributed by atoms with E-state index in [1.807, 2.05) is 0 Å². The minimum atomic E-state index is -3.73. The van der Waals surface area contributed by atoms with Gasteiger partial charge in [-0.3, -0.25) is 4.79 Å². The first-order valence-electron chi connectivity index (χ1n) is 10.3. The zero-order valence-electron chi connectivity index (χ0n) is 17.6. The molecule has 0 aromatic heterocycles. The van der Waals surface area contributed by atoms with Crippen molar-refractivity contribution in [3.8, 4) is 0 Å². The summed E-state index contributed by atoms with van der Waals surface area (Å²) >= 11 is 0. The molecule has 1 aliphatic carbocycles. The van der Waals surface area contributed by atoms with E-state index in [9.17, 15) is 21.6 Å². The summed E-state index contributed by atoms with van der Waals surface area (Å²) in [7, 11) is -7.43. The van der Waals surface area contributed by atoms with Crippen molar-refractivity contribution >= 4 is 31.6 Å². The van der Waals surface area contributed by atoms with Crippen molar-refractivity contribution in [3.63, 3.8) is 0 Å². The Morgan fingerprint density at radius 3 is 2.44 bits per heavy atom. The molecule has 32 heavy (non-hydrogen) atoms. The van der Waals surface area contributed by atoms with Gasteiger partial charge in [0.15, 0.2) is 0 Å². The van der Waals surface area contributed by atoms with Crippen LogP contribution in [0.3, 0.4) is 0 Å². The summed E-state index contributed by atoms with van der Waals surface area (Å²) in [6, 6.07) is 10.4. The predicted molar refractivity (Wildman–Crippen MR) is 118 cm³/mol. The number of nitrogens with zero attached hydrogens (tertiary/aromatic N) is 1. The van der Waals surface area contributed by atoms with Gasteiger partial charge in [-0.1, -0.05) is 12.1 Å². The van der Waals surface area contributed by atoms with Crippen LogP contribution in [0.4, 0.5) is 5.69 Å². The van der Waals surface area contributed by atoms with Crippen molar-refractivity contribution in [1.29, 1.82) is 0 Å². The Bertz CT molecular complexity index is 1230. The molecule has 172 valence electrons. The Hall–Kier alpha value is -2.31. The molecule has 4 rings (SSSR count). The molecule has 2 aromatic rings. The molecule has 1 saturated heterocycles. The van der Waals surface area contributed by atoms with Crippen LogP contribution in [0, 0.1) is 6.92 Å². The maximum atomic E-state index is 13.0. The maximum absolute atomic E-state index is 13.0. The number of hydrogen-bond donors (Lipinski definition) is 2. The van der Waals surface area contributed by atoms with E-state index in [-0.39, 0.29) is 34.5 Å². The number of carbonyl (C=O) groups excluding carboxylic acids is 1. The normalized spacial score (nSPS) is 17.8. The summed E-state index contributed by atoms with van der Waals surface area (Å²) in [5.74, 6) is -0.535. The van der Waals surface area contributed by atoms with Crippen molar-refractivity contribution in [1.82, 2.24) is 9.03 Å². The Balaban J connectivity index is 1.55. The summed E-state index contributed by atoms with van der Waals surface area (Å²) in [6.45, 7) is 2.91. The third-order valence-corrected chi connectivity index (χ3v) is 8.90. The van der Waals surface area contributed by atoms with Crippen LogP contribution < -0.4 is 10.0 Å². The zero-order chi connectivity index (χ0) is 22.9. The molecular formula is C21H25N3O6S2. The molecule has 0 bridgehead atoms. The van der Waals surface area contributed by atoms with Gasteiger partial charge in [-0.2, -0.15) is 4.31 Å². The van der Waals surface area contributed by atoms with Crippen molar-refractivity contribution < 1.29 is 26.4 Å². The van der Waals surface area contributed by atoms with Crippen LogP contribution in [0.5, 0.6) is 0 Å². The highest BCUT2D eigenvalue weighted by Gasteiger charge is 2.29.